The Morgan fingerprint density at radius 1 is 1.44 bits per heavy atom. The third-order valence-electron chi connectivity index (χ3n) is 3.64. The van der Waals surface area contributed by atoms with Crippen molar-refractivity contribution in [1.29, 1.82) is 0 Å². The lowest BCUT2D eigenvalue weighted by molar-refractivity contribution is 0.166. The summed E-state index contributed by atoms with van der Waals surface area (Å²) >= 11 is 0. The number of hydrogen-bond donors (Lipinski definition) is 1. The number of likely N-dealkylation sites (tertiary alicyclic amines) is 1. The van der Waals surface area contributed by atoms with E-state index >= 15 is 0 Å². The summed E-state index contributed by atoms with van der Waals surface area (Å²) in [7, 11) is 3.77. The molecule has 0 spiro atoms. The molecule has 0 amide bonds. The van der Waals surface area contributed by atoms with E-state index in [1.165, 1.54) is 31.5 Å². The Bertz CT molecular complexity index is 365. The van der Waals surface area contributed by atoms with Crippen molar-refractivity contribution in [1.82, 2.24) is 10.2 Å². The normalized spacial score (nSPS) is 20.9. The molecule has 1 fully saturated rings. The monoisotopic (exact) mass is 248 g/mol. The summed E-state index contributed by atoms with van der Waals surface area (Å²) in [5.74, 6) is 1.76. The largest absolute Gasteiger partial charge is 0.497 e. The number of benzene rings is 1. The smallest absolute Gasteiger partial charge is 0.119 e. The predicted octanol–water partition coefficient (Wildman–Crippen LogP) is 2.13. The summed E-state index contributed by atoms with van der Waals surface area (Å²) in [6, 6.07) is 8.40. The van der Waals surface area contributed by atoms with Crippen molar-refractivity contribution in [3.63, 3.8) is 0 Å². The lowest BCUT2D eigenvalue weighted by Crippen LogP contribution is -2.38. The molecule has 0 aliphatic carbocycles. The summed E-state index contributed by atoms with van der Waals surface area (Å²) in [5, 5.41) is 3.29. The van der Waals surface area contributed by atoms with Crippen molar-refractivity contribution in [3.05, 3.63) is 29.8 Å². The summed E-state index contributed by atoms with van der Waals surface area (Å²) < 4.78 is 5.28. The molecule has 1 aromatic carbocycles. The van der Waals surface area contributed by atoms with E-state index in [2.05, 4.69) is 28.4 Å². The molecule has 3 nitrogen and oxygen atoms in total. The lowest BCUT2D eigenvalue weighted by Gasteiger charge is -2.32. The topological polar surface area (TPSA) is 24.5 Å². The molecule has 1 saturated heterocycles. The first kappa shape index (κ1) is 13.4. The van der Waals surface area contributed by atoms with Crippen LogP contribution in [0.4, 0.5) is 0 Å². The van der Waals surface area contributed by atoms with Crippen LogP contribution < -0.4 is 10.1 Å². The van der Waals surface area contributed by atoms with E-state index in [1.54, 1.807) is 7.11 Å². The van der Waals surface area contributed by atoms with E-state index in [0.29, 0.717) is 0 Å². The van der Waals surface area contributed by atoms with Gasteiger partial charge in [0.1, 0.15) is 5.75 Å². The second-order valence-electron chi connectivity index (χ2n) is 5.15. The zero-order valence-corrected chi connectivity index (χ0v) is 11.5. The Balaban J connectivity index is 1.91. The molecular weight excluding hydrogens is 224 g/mol. The van der Waals surface area contributed by atoms with Crippen LogP contribution in [0.3, 0.4) is 0 Å². The fourth-order valence-electron chi connectivity index (χ4n) is 2.78. The first-order chi connectivity index (χ1) is 8.81. The van der Waals surface area contributed by atoms with Crippen LogP contribution in [0.5, 0.6) is 5.75 Å². The maximum Gasteiger partial charge on any atom is 0.119 e. The number of nitrogens with one attached hydrogen (secondary N) is 1. The second kappa shape index (κ2) is 6.76. The van der Waals surface area contributed by atoms with Crippen molar-refractivity contribution >= 4 is 0 Å². The molecule has 1 aromatic rings. The molecule has 2 rings (SSSR count). The van der Waals surface area contributed by atoms with E-state index in [-0.39, 0.29) is 0 Å². The Hall–Kier alpha value is -1.06. The molecule has 0 aromatic heterocycles. The third-order valence-corrected chi connectivity index (χ3v) is 3.64. The number of rotatable bonds is 5. The van der Waals surface area contributed by atoms with Gasteiger partial charge in [0.05, 0.1) is 7.11 Å². The highest BCUT2D eigenvalue weighted by molar-refractivity contribution is 5.28. The van der Waals surface area contributed by atoms with Gasteiger partial charge in [-0.05, 0) is 56.6 Å². The Morgan fingerprint density at radius 2 is 2.33 bits per heavy atom. The van der Waals surface area contributed by atoms with Gasteiger partial charge in [0.15, 0.2) is 0 Å². The molecule has 0 saturated carbocycles. The van der Waals surface area contributed by atoms with E-state index < -0.39 is 0 Å². The minimum atomic E-state index is 0.800. The highest BCUT2D eigenvalue weighted by Gasteiger charge is 2.19. The minimum absolute atomic E-state index is 0.800. The molecule has 1 heterocycles. The van der Waals surface area contributed by atoms with Gasteiger partial charge in [-0.3, -0.25) is 4.90 Å². The third kappa shape index (κ3) is 3.72. The van der Waals surface area contributed by atoms with Gasteiger partial charge < -0.3 is 10.1 Å². The van der Waals surface area contributed by atoms with Crippen LogP contribution in [0.1, 0.15) is 18.4 Å². The molecular formula is C15H24N2O. The highest BCUT2D eigenvalue weighted by Crippen LogP contribution is 2.19. The van der Waals surface area contributed by atoms with Crippen LogP contribution >= 0.6 is 0 Å². The van der Waals surface area contributed by atoms with Gasteiger partial charge in [0.25, 0.3) is 0 Å². The van der Waals surface area contributed by atoms with E-state index in [9.17, 15) is 0 Å². The van der Waals surface area contributed by atoms with Gasteiger partial charge in [-0.15, -0.1) is 0 Å². The van der Waals surface area contributed by atoms with Gasteiger partial charge in [0, 0.05) is 13.1 Å². The number of ether oxygens (including phenoxy) is 1. The minimum Gasteiger partial charge on any atom is -0.497 e. The van der Waals surface area contributed by atoms with Crippen molar-refractivity contribution in [2.45, 2.75) is 19.4 Å². The Morgan fingerprint density at radius 3 is 3.11 bits per heavy atom. The molecule has 0 radical (unpaired) electrons. The van der Waals surface area contributed by atoms with Crippen molar-refractivity contribution in [2.75, 3.05) is 33.8 Å². The van der Waals surface area contributed by atoms with Crippen LogP contribution in [0.15, 0.2) is 24.3 Å². The van der Waals surface area contributed by atoms with Crippen LogP contribution in [-0.4, -0.2) is 38.7 Å². The van der Waals surface area contributed by atoms with Gasteiger partial charge in [0.2, 0.25) is 0 Å². The zero-order valence-electron chi connectivity index (χ0n) is 11.5. The maximum absolute atomic E-state index is 5.28. The van der Waals surface area contributed by atoms with Crippen molar-refractivity contribution < 1.29 is 4.74 Å². The molecule has 1 aliphatic heterocycles. The summed E-state index contributed by atoms with van der Waals surface area (Å²) in [4.78, 5) is 2.56. The number of hydrogen-bond acceptors (Lipinski definition) is 3. The fourth-order valence-corrected chi connectivity index (χ4v) is 2.78. The highest BCUT2D eigenvalue weighted by atomic mass is 16.5. The number of piperidine rings is 1. The number of nitrogens with zero attached hydrogens (tertiary/aromatic N) is 1. The van der Waals surface area contributed by atoms with E-state index in [1.807, 2.05) is 13.1 Å². The molecule has 1 N–H and O–H groups in total. The molecule has 1 aliphatic rings. The molecule has 100 valence electrons. The van der Waals surface area contributed by atoms with Crippen LogP contribution in [-0.2, 0) is 6.54 Å². The lowest BCUT2D eigenvalue weighted by atomic mass is 9.97. The molecule has 0 bridgehead atoms. The fraction of sp³-hybridized carbons (Fsp3) is 0.600. The van der Waals surface area contributed by atoms with E-state index in [0.717, 1.165) is 24.8 Å². The zero-order chi connectivity index (χ0) is 12.8. The second-order valence-corrected chi connectivity index (χ2v) is 5.15. The predicted molar refractivity (Wildman–Crippen MR) is 74.9 cm³/mol. The first-order valence-corrected chi connectivity index (χ1v) is 6.81. The summed E-state index contributed by atoms with van der Waals surface area (Å²) in [6.45, 7) is 4.60. The quantitative estimate of drug-likeness (QED) is 0.864. The Labute approximate surface area is 110 Å². The maximum atomic E-state index is 5.28. The van der Waals surface area contributed by atoms with Crippen LogP contribution in [0, 0.1) is 5.92 Å². The number of methoxy groups -OCH3 is 1. The van der Waals surface area contributed by atoms with Crippen LogP contribution in [0.25, 0.3) is 0 Å². The molecule has 3 heteroatoms. The molecule has 18 heavy (non-hydrogen) atoms. The van der Waals surface area contributed by atoms with Gasteiger partial charge in [-0.25, -0.2) is 0 Å². The summed E-state index contributed by atoms with van der Waals surface area (Å²) in [6.07, 6.45) is 2.67. The van der Waals surface area contributed by atoms with Gasteiger partial charge in [-0.1, -0.05) is 12.1 Å². The van der Waals surface area contributed by atoms with Gasteiger partial charge in [-0.2, -0.15) is 0 Å². The van der Waals surface area contributed by atoms with Crippen molar-refractivity contribution in [3.8, 4) is 5.75 Å². The van der Waals surface area contributed by atoms with E-state index in [4.69, 9.17) is 4.74 Å². The molecule has 1 atom stereocenters. The molecule has 1 unspecified atom stereocenters. The van der Waals surface area contributed by atoms with Gasteiger partial charge >= 0.3 is 0 Å². The standard InChI is InChI=1S/C15H24N2O/c1-16-10-14-6-4-8-17(12-14)11-13-5-3-7-15(9-13)18-2/h3,5,7,9,14,16H,4,6,8,10-12H2,1-2H3. The first-order valence-electron chi connectivity index (χ1n) is 6.81. The average Bonchev–Trinajstić information content (AvgIpc) is 2.40. The SMILES string of the molecule is CNCC1CCCN(Cc2cccc(OC)c2)C1. The van der Waals surface area contributed by atoms with Crippen molar-refractivity contribution in [2.24, 2.45) is 5.92 Å². The summed E-state index contributed by atoms with van der Waals surface area (Å²) in [5.41, 5.74) is 1.35. The van der Waals surface area contributed by atoms with Crippen LogP contribution in [0.2, 0.25) is 0 Å². The average molecular weight is 248 g/mol. The Kier molecular flexibility index (Phi) is 5.02.